The minimum Gasteiger partial charge on any atom is -0.508 e. The summed E-state index contributed by atoms with van der Waals surface area (Å²) >= 11 is 0. The normalized spacial score (nSPS) is 15.8. The van der Waals surface area contributed by atoms with E-state index in [9.17, 15) is 19.5 Å². The number of phenols is 1. The average molecular weight is 618 g/mol. The molecule has 246 valence electrons. The molecule has 1 aliphatic rings. The van der Waals surface area contributed by atoms with E-state index in [1.165, 1.54) is 28.2 Å². The molecule has 3 rings (SSSR count). The lowest BCUT2D eigenvalue weighted by Gasteiger charge is -2.56. The lowest BCUT2D eigenvalue weighted by molar-refractivity contribution is -0.137. The molecule has 1 aliphatic heterocycles. The molecule has 0 radical (unpaired) electrons. The van der Waals surface area contributed by atoms with E-state index in [2.05, 4.69) is 93.5 Å². The number of unbranched alkanes of at least 4 members (excludes halogenated alkanes) is 2. The summed E-state index contributed by atoms with van der Waals surface area (Å²) < 4.78 is 5.67. The number of aromatic hydroxyl groups is 1. The van der Waals surface area contributed by atoms with Gasteiger partial charge in [-0.25, -0.2) is 0 Å². The van der Waals surface area contributed by atoms with Crippen molar-refractivity contribution in [2.75, 3.05) is 6.54 Å². The third-order valence-electron chi connectivity index (χ3n) is 9.84. The summed E-state index contributed by atoms with van der Waals surface area (Å²) in [6.07, 6.45) is 5.88. The quantitative estimate of drug-likeness (QED) is 0.105. The molecule has 0 aliphatic carbocycles. The van der Waals surface area contributed by atoms with Crippen molar-refractivity contribution in [3.8, 4) is 11.5 Å². The molecule has 2 atom stereocenters. The molecular weight excluding hydrogens is 562 g/mol. The van der Waals surface area contributed by atoms with Crippen LogP contribution in [0.4, 0.5) is 0 Å². The first-order valence-electron chi connectivity index (χ1n) is 16.4. The van der Waals surface area contributed by atoms with E-state index in [1.807, 2.05) is 12.1 Å². The van der Waals surface area contributed by atoms with E-state index in [1.54, 1.807) is 12.1 Å². The van der Waals surface area contributed by atoms with Gasteiger partial charge in [0.1, 0.15) is 11.5 Å². The molecule has 1 heterocycles. The van der Waals surface area contributed by atoms with Gasteiger partial charge in [-0.05, 0) is 88.2 Å². The van der Waals surface area contributed by atoms with E-state index in [0.717, 1.165) is 12.8 Å². The van der Waals surface area contributed by atoms with Crippen LogP contribution in [-0.4, -0.2) is 34.3 Å². The number of ether oxygens (including phenoxy) is 1. The third kappa shape index (κ3) is 9.08. The monoisotopic (exact) mass is 617 g/mol. The van der Waals surface area contributed by atoms with Crippen LogP contribution in [0.3, 0.4) is 0 Å². The fourth-order valence-electron chi connectivity index (χ4n) is 7.21. The number of hydrogen-bond acceptors (Lipinski definition) is 5. The zero-order valence-corrected chi connectivity index (χ0v) is 29.2. The zero-order valence-electron chi connectivity index (χ0n) is 29.2. The Balaban J connectivity index is 1.73. The van der Waals surface area contributed by atoms with Gasteiger partial charge in [-0.1, -0.05) is 99.9 Å². The molecule has 6 heteroatoms. The van der Waals surface area contributed by atoms with Crippen LogP contribution < -0.4 is 4.74 Å². The molecule has 2 amide bonds. The van der Waals surface area contributed by atoms with E-state index in [-0.39, 0.29) is 63.4 Å². The number of amides is 2. The Morgan fingerprint density at radius 3 is 1.78 bits per heavy atom. The first-order chi connectivity index (χ1) is 20.7. The Morgan fingerprint density at radius 2 is 1.27 bits per heavy atom. The zero-order chi connectivity index (χ0) is 33.8. The maximum absolute atomic E-state index is 12.6. The molecule has 2 aromatic rings. The molecule has 2 unspecified atom stereocenters. The highest BCUT2D eigenvalue weighted by atomic mass is 16.5. The number of hydrogen-bond donors (Lipinski definition) is 1. The summed E-state index contributed by atoms with van der Waals surface area (Å²) in [7, 11) is 0. The van der Waals surface area contributed by atoms with Crippen molar-refractivity contribution < 1.29 is 24.2 Å². The second kappa shape index (κ2) is 13.9. The van der Waals surface area contributed by atoms with Gasteiger partial charge in [-0.15, -0.1) is 0 Å². The standard InChI is InChI=1S/C39H55NO5/c1-36(2,3)26-31(27-15-19-29(41)20-16-27)38(7,8)39(9,10)35(37(4,5)6)28-17-21-30(22-18-28)45-34(44)14-12-11-13-25-40-32(42)23-24-33(40)43/h15-24,31,35,41H,11-14,25-26H2,1-10H3. The van der Waals surface area contributed by atoms with Crippen LogP contribution in [0.1, 0.15) is 124 Å². The van der Waals surface area contributed by atoms with Crippen LogP contribution in [0.2, 0.25) is 0 Å². The minimum atomic E-state index is -0.287. The molecule has 0 aromatic heterocycles. The van der Waals surface area contributed by atoms with Crippen molar-refractivity contribution in [2.24, 2.45) is 21.7 Å². The number of nitrogens with zero attached hydrogens (tertiary/aromatic N) is 1. The second-order valence-electron chi connectivity index (χ2n) is 16.2. The molecule has 0 spiro atoms. The van der Waals surface area contributed by atoms with Gasteiger partial charge >= 0.3 is 5.97 Å². The second-order valence-corrected chi connectivity index (χ2v) is 16.2. The fraction of sp³-hybridized carbons (Fsp3) is 0.564. The SMILES string of the molecule is CC(C)(C)CC(c1ccc(O)cc1)C(C)(C)C(C)(C)C(c1ccc(OC(=O)CCCCCN2C(=O)C=CC2=O)cc1)C(C)(C)C. The Morgan fingerprint density at radius 1 is 0.733 bits per heavy atom. The lowest BCUT2D eigenvalue weighted by atomic mass is 9.48. The van der Waals surface area contributed by atoms with Crippen molar-refractivity contribution in [3.05, 3.63) is 71.8 Å². The molecule has 6 nitrogen and oxygen atoms in total. The summed E-state index contributed by atoms with van der Waals surface area (Å²) in [6, 6.07) is 15.8. The van der Waals surface area contributed by atoms with Gasteiger partial charge in [-0.2, -0.15) is 0 Å². The van der Waals surface area contributed by atoms with Gasteiger partial charge in [0.25, 0.3) is 11.8 Å². The number of carbonyl (C=O) groups is 3. The van der Waals surface area contributed by atoms with Gasteiger partial charge in [0.2, 0.25) is 0 Å². The number of carbonyl (C=O) groups excluding carboxylic acids is 3. The van der Waals surface area contributed by atoms with Crippen molar-refractivity contribution in [2.45, 2.75) is 113 Å². The first kappa shape index (κ1) is 36.1. The van der Waals surface area contributed by atoms with Crippen LogP contribution in [0.25, 0.3) is 0 Å². The van der Waals surface area contributed by atoms with E-state index >= 15 is 0 Å². The van der Waals surface area contributed by atoms with Gasteiger partial charge in [0.05, 0.1) is 0 Å². The van der Waals surface area contributed by atoms with Crippen molar-refractivity contribution in [1.29, 1.82) is 0 Å². The Bertz CT molecular complexity index is 1340. The van der Waals surface area contributed by atoms with Crippen LogP contribution in [-0.2, 0) is 14.4 Å². The number of esters is 1. The Labute approximate surface area is 271 Å². The smallest absolute Gasteiger partial charge is 0.311 e. The Hall–Kier alpha value is -3.41. The maximum atomic E-state index is 12.6. The van der Waals surface area contributed by atoms with Crippen LogP contribution in [0.5, 0.6) is 11.5 Å². The number of benzene rings is 2. The average Bonchev–Trinajstić information content (AvgIpc) is 3.24. The fourth-order valence-corrected chi connectivity index (χ4v) is 7.21. The molecule has 0 bridgehead atoms. The van der Waals surface area contributed by atoms with E-state index < -0.39 is 0 Å². The minimum absolute atomic E-state index is 0.0550. The predicted molar refractivity (Wildman–Crippen MR) is 181 cm³/mol. The first-order valence-corrected chi connectivity index (χ1v) is 16.4. The van der Waals surface area contributed by atoms with Gasteiger partial charge in [0.15, 0.2) is 0 Å². The van der Waals surface area contributed by atoms with Crippen molar-refractivity contribution in [1.82, 2.24) is 4.90 Å². The number of rotatable bonds is 13. The molecule has 1 N–H and O–H groups in total. The summed E-state index contributed by atoms with van der Waals surface area (Å²) in [5.74, 6) is 0.425. The lowest BCUT2D eigenvalue weighted by Crippen LogP contribution is -2.46. The van der Waals surface area contributed by atoms with Crippen LogP contribution >= 0.6 is 0 Å². The largest absolute Gasteiger partial charge is 0.508 e. The molecular formula is C39H55NO5. The highest BCUT2D eigenvalue weighted by molar-refractivity contribution is 6.12. The molecule has 0 fully saturated rings. The maximum Gasteiger partial charge on any atom is 0.311 e. The predicted octanol–water partition coefficient (Wildman–Crippen LogP) is 9.19. The van der Waals surface area contributed by atoms with Gasteiger partial charge in [0, 0.05) is 25.1 Å². The number of imide groups is 1. The topological polar surface area (TPSA) is 83.9 Å². The van der Waals surface area contributed by atoms with Crippen LogP contribution in [0, 0.1) is 21.7 Å². The molecule has 0 saturated carbocycles. The highest BCUT2D eigenvalue weighted by Gasteiger charge is 2.52. The van der Waals surface area contributed by atoms with Crippen LogP contribution in [0.15, 0.2) is 60.7 Å². The number of phenolic OH excluding ortho intramolecular Hbond substituents is 1. The van der Waals surface area contributed by atoms with Gasteiger partial charge in [-0.3, -0.25) is 19.3 Å². The third-order valence-corrected chi connectivity index (χ3v) is 9.84. The van der Waals surface area contributed by atoms with E-state index in [4.69, 9.17) is 4.74 Å². The van der Waals surface area contributed by atoms with Crippen molar-refractivity contribution in [3.63, 3.8) is 0 Å². The van der Waals surface area contributed by atoms with Crippen molar-refractivity contribution >= 4 is 17.8 Å². The summed E-state index contributed by atoms with van der Waals surface area (Å²) in [5, 5.41) is 10.0. The summed E-state index contributed by atoms with van der Waals surface area (Å²) in [4.78, 5) is 37.1. The molecule has 0 saturated heterocycles. The highest BCUT2D eigenvalue weighted by Crippen LogP contribution is 2.62. The molecule has 45 heavy (non-hydrogen) atoms. The summed E-state index contributed by atoms with van der Waals surface area (Å²) in [6.45, 7) is 23.7. The summed E-state index contributed by atoms with van der Waals surface area (Å²) in [5.41, 5.74) is 2.22. The Kier molecular flexibility index (Phi) is 11.2. The van der Waals surface area contributed by atoms with Gasteiger partial charge < -0.3 is 9.84 Å². The van der Waals surface area contributed by atoms with E-state index in [0.29, 0.717) is 25.1 Å². The molecule has 2 aromatic carbocycles.